The van der Waals surface area contributed by atoms with Gasteiger partial charge in [0.2, 0.25) is 12.4 Å². The van der Waals surface area contributed by atoms with Crippen molar-refractivity contribution < 1.29 is 34.0 Å². The molecule has 32 heavy (non-hydrogen) atoms. The zero-order valence-electron chi connectivity index (χ0n) is 17.1. The molecule has 2 aliphatic rings. The highest BCUT2D eigenvalue weighted by atomic mass is 16.7. The predicted octanol–water partition coefficient (Wildman–Crippen LogP) is 2.69. The summed E-state index contributed by atoms with van der Waals surface area (Å²) in [5, 5.41) is 22.3. The third kappa shape index (κ3) is 2.88. The first-order valence-electron chi connectivity index (χ1n) is 9.87. The molecule has 0 saturated heterocycles. The van der Waals surface area contributed by atoms with Gasteiger partial charge in [-0.3, -0.25) is 4.79 Å². The number of carbonyl (C=O) groups is 2. The van der Waals surface area contributed by atoms with Gasteiger partial charge in [-0.25, -0.2) is 4.79 Å². The third-order valence-corrected chi connectivity index (χ3v) is 5.71. The average Bonchev–Trinajstić information content (AvgIpc) is 3.35. The molecule has 3 aromatic carbocycles. The maximum absolute atomic E-state index is 13.6. The van der Waals surface area contributed by atoms with Crippen LogP contribution in [0.1, 0.15) is 27.0 Å². The first-order chi connectivity index (χ1) is 15.4. The van der Waals surface area contributed by atoms with E-state index < -0.39 is 17.5 Å². The summed E-state index contributed by atoms with van der Waals surface area (Å²) >= 11 is 0. The molecule has 1 unspecified atom stereocenters. The molecular weight excluding hydrogens is 414 g/mol. The van der Waals surface area contributed by atoms with E-state index in [-0.39, 0.29) is 24.7 Å². The van der Waals surface area contributed by atoms with Gasteiger partial charge >= 0.3 is 5.97 Å². The minimum atomic E-state index is -2.12. The fourth-order valence-corrected chi connectivity index (χ4v) is 4.17. The van der Waals surface area contributed by atoms with Gasteiger partial charge in [-0.1, -0.05) is 30.3 Å². The summed E-state index contributed by atoms with van der Waals surface area (Å²) in [4.78, 5) is 26.9. The van der Waals surface area contributed by atoms with Crippen molar-refractivity contribution in [2.45, 2.75) is 12.1 Å². The lowest BCUT2D eigenvalue weighted by Gasteiger charge is -2.25. The smallest absolute Gasteiger partial charge is 0.337 e. The van der Waals surface area contributed by atoms with Crippen LogP contribution in [0.4, 0.5) is 5.69 Å². The number of amides is 1. The topological polar surface area (TPSA) is 106 Å². The SMILES string of the molecule is COC(=O)c1cccc(CN2C(=O)C(O)(c3cc4c(cc3O)OCO4)c3ccccc32)c1. The summed E-state index contributed by atoms with van der Waals surface area (Å²) in [5.74, 6) is -0.724. The molecule has 8 nitrogen and oxygen atoms in total. The van der Waals surface area contributed by atoms with E-state index in [0.717, 1.165) is 0 Å². The molecule has 0 aliphatic carbocycles. The van der Waals surface area contributed by atoms with E-state index in [4.69, 9.17) is 14.2 Å². The van der Waals surface area contributed by atoms with Crippen molar-refractivity contribution in [3.63, 3.8) is 0 Å². The van der Waals surface area contributed by atoms with Gasteiger partial charge in [-0.05, 0) is 29.8 Å². The average molecular weight is 433 g/mol. The molecule has 0 fully saturated rings. The number of methoxy groups -OCH3 is 1. The highest BCUT2D eigenvalue weighted by molar-refractivity contribution is 6.09. The van der Waals surface area contributed by atoms with E-state index >= 15 is 0 Å². The lowest BCUT2D eigenvalue weighted by atomic mass is 9.86. The van der Waals surface area contributed by atoms with E-state index in [1.807, 2.05) is 0 Å². The Hall–Kier alpha value is -4.04. The predicted molar refractivity (Wildman–Crippen MR) is 113 cm³/mol. The number of benzene rings is 3. The van der Waals surface area contributed by atoms with E-state index in [1.165, 1.54) is 24.1 Å². The third-order valence-electron chi connectivity index (χ3n) is 5.71. The number of hydrogen-bond acceptors (Lipinski definition) is 7. The summed E-state index contributed by atoms with van der Waals surface area (Å²) < 4.78 is 15.4. The summed E-state index contributed by atoms with van der Waals surface area (Å²) in [6.07, 6.45) is 0. The second-order valence-electron chi connectivity index (χ2n) is 7.53. The Morgan fingerprint density at radius 2 is 1.81 bits per heavy atom. The van der Waals surface area contributed by atoms with Crippen molar-refractivity contribution in [3.8, 4) is 17.2 Å². The minimum Gasteiger partial charge on any atom is -0.507 e. The van der Waals surface area contributed by atoms with Gasteiger partial charge in [0.1, 0.15) is 5.75 Å². The van der Waals surface area contributed by atoms with Gasteiger partial charge in [-0.2, -0.15) is 0 Å². The molecule has 8 heteroatoms. The quantitative estimate of drug-likeness (QED) is 0.610. The van der Waals surface area contributed by atoms with Crippen LogP contribution in [0.25, 0.3) is 0 Å². The van der Waals surface area contributed by atoms with Crippen molar-refractivity contribution in [1.29, 1.82) is 0 Å². The molecular formula is C24H19NO7. The fourth-order valence-electron chi connectivity index (χ4n) is 4.17. The van der Waals surface area contributed by atoms with E-state index in [2.05, 4.69) is 0 Å². The van der Waals surface area contributed by atoms with Gasteiger partial charge in [0.15, 0.2) is 11.5 Å². The highest BCUT2D eigenvalue weighted by Gasteiger charge is 2.52. The number of phenolic OH excluding ortho intramolecular Hbond substituents is 1. The van der Waals surface area contributed by atoms with E-state index in [0.29, 0.717) is 33.9 Å². The second kappa shape index (κ2) is 7.28. The van der Waals surface area contributed by atoms with Crippen LogP contribution in [0.15, 0.2) is 60.7 Å². The Morgan fingerprint density at radius 3 is 2.59 bits per heavy atom. The Morgan fingerprint density at radius 1 is 1.06 bits per heavy atom. The largest absolute Gasteiger partial charge is 0.507 e. The van der Waals surface area contributed by atoms with Crippen LogP contribution >= 0.6 is 0 Å². The van der Waals surface area contributed by atoms with Crippen LogP contribution in [-0.4, -0.2) is 36.0 Å². The molecule has 3 aromatic rings. The van der Waals surface area contributed by atoms with Crippen LogP contribution < -0.4 is 14.4 Å². The lowest BCUT2D eigenvalue weighted by molar-refractivity contribution is -0.132. The Kier molecular flexibility index (Phi) is 4.53. The summed E-state index contributed by atoms with van der Waals surface area (Å²) in [5.41, 5.74) is -0.251. The number of phenols is 1. The number of esters is 1. The minimum absolute atomic E-state index is 0.00464. The first kappa shape index (κ1) is 19.9. The lowest BCUT2D eigenvalue weighted by Crippen LogP contribution is -2.41. The zero-order valence-corrected chi connectivity index (χ0v) is 17.1. The molecule has 2 heterocycles. The van der Waals surface area contributed by atoms with Gasteiger partial charge in [-0.15, -0.1) is 0 Å². The Balaban J connectivity index is 1.58. The number of nitrogens with zero attached hydrogens (tertiary/aromatic N) is 1. The number of anilines is 1. The van der Waals surface area contributed by atoms with Crippen molar-refractivity contribution in [3.05, 3.63) is 82.9 Å². The van der Waals surface area contributed by atoms with Gasteiger partial charge in [0.25, 0.3) is 5.91 Å². The number of carbonyl (C=O) groups excluding carboxylic acids is 2. The summed E-state index contributed by atoms with van der Waals surface area (Å²) in [7, 11) is 1.30. The molecule has 0 aromatic heterocycles. The molecule has 0 bridgehead atoms. The number of para-hydroxylation sites is 1. The highest BCUT2D eigenvalue weighted by Crippen LogP contribution is 2.50. The maximum atomic E-state index is 13.6. The molecule has 162 valence electrons. The normalized spacial score (nSPS) is 18.6. The summed E-state index contributed by atoms with van der Waals surface area (Å²) in [6, 6.07) is 16.3. The zero-order chi connectivity index (χ0) is 22.5. The van der Waals surface area contributed by atoms with Crippen LogP contribution in [0.2, 0.25) is 0 Å². The van der Waals surface area contributed by atoms with Gasteiger partial charge in [0.05, 0.1) is 24.9 Å². The molecule has 0 radical (unpaired) electrons. The van der Waals surface area contributed by atoms with Gasteiger partial charge in [0, 0.05) is 17.2 Å². The monoisotopic (exact) mass is 433 g/mol. The van der Waals surface area contributed by atoms with Crippen molar-refractivity contribution >= 4 is 17.6 Å². The molecule has 2 aliphatic heterocycles. The second-order valence-corrected chi connectivity index (χ2v) is 7.53. The Bertz CT molecular complexity index is 1250. The fraction of sp³-hybridized carbons (Fsp3) is 0.167. The van der Waals surface area contributed by atoms with E-state index in [1.54, 1.807) is 48.5 Å². The number of fused-ring (bicyclic) bond motifs is 2. The first-order valence-corrected chi connectivity index (χ1v) is 9.87. The molecule has 1 amide bonds. The maximum Gasteiger partial charge on any atom is 0.337 e. The van der Waals surface area contributed by atoms with Crippen LogP contribution in [0, 0.1) is 0 Å². The Labute approximate surface area is 183 Å². The van der Waals surface area contributed by atoms with Crippen molar-refractivity contribution in [2.24, 2.45) is 0 Å². The molecule has 0 saturated carbocycles. The van der Waals surface area contributed by atoms with Crippen LogP contribution in [0.5, 0.6) is 17.2 Å². The van der Waals surface area contributed by atoms with Crippen LogP contribution in [-0.2, 0) is 21.7 Å². The van der Waals surface area contributed by atoms with Gasteiger partial charge < -0.3 is 29.3 Å². The molecule has 2 N–H and O–H groups in total. The summed E-state index contributed by atoms with van der Waals surface area (Å²) in [6.45, 7) is 0.0954. The number of aromatic hydroxyl groups is 1. The van der Waals surface area contributed by atoms with Crippen LogP contribution in [0.3, 0.4) is 0 Å². The molecule has 5 rings (SSSR count). The standard InChI is InChI=1S/C24H19NO7/c1-30-22(27)15-6-4-5-14(9-15)12-25-18-8-3-2-7-16(18)24(29,23(25)28)17-10-20-21(11-19(17)26)32-13-31-20/h2-11,26,29H,12-13H2,1H3. The van der Waals surface area contributed by atoms with E-state index in [9.17, 15) is 19.8 Å². The number of aliphatic hydroxyl groups is 1. The molecule has 1 atom stereocenters. The number of ether oxygens (including phenoxy) is 3. The van der Waals surface area contributed by atoms with Crippen molar-refractivity contribution in [2.75, 3.05) is 18.8 Å². The number of hydrogen-bond donors (Lipinski definition) is 2. The molecule has 0 spiro atoms. The van der Waals surface area contributed by atoms with Crippen molar-refractivity contribution in [1.82, 2.24) is 0 Å². The number of rotatable bonds is 4.